The number of alkyl halides is 3. The van der Waals surface area contributed by atoms with Crippen molar-refractivity contribution in [2.24, 2.45) is 0 Å². The summed E-state index contributed by atoms with van der Waals surface area (Å²) in [4.78, 5) is 20.9. The van der Waals surface area contributed by atoms with Crippen molar-refractivity contribution in [1.29, 1.82) is 0 Å². The molecule has 0 aliphatic carbocycles. The summed E-state index contributed by atoms with van der Waals surface area (Å²) >= 11 is 19.5. The van der Waals surface area contributed by atoms with Crippen LogP contribution in [0, 0.1) is 0 Å². The van der Waals surface area contributed by atoms with Crippen LogP contribution in [-0.4, -0.2) is 74.3 Å². The van der Waals surface area contributed by atoms with Crippen LogP contribution in [0.15, 0.2) is 64.4 Å². The molecule has 1 saturated heterocycles. The molecule has 2 aliphatic heterocycles. The number of benzene rings is 3. The summed E-state index contributed by atoms with van der Waals surface area (Å²) in [6.07, 6.45) is -4.45. The summed E-state index contributed by atoms with van der Waals surface area (Å²) < 4.78 is 51.5. The van der Waals surface area contributed by atoms with Crippen LogP contribution in [0.2, 0.25) is 15.1 Å². The Morgan fingerprint density at radius 2 is 1.52 bits per heavy atom. The van der Waals surface area contributed by atoms with Crippen LogP contribution in [0.3, 0.4) is 0 Å². The minimum Gasteiger partial charge on any atom is -0.479 e. The molecule has 0 amide bonds. The van der Waals surface area contributed by atoms with Gasteiger partial charge in [0, 0.05) is 61.2 Å². The van der Waals surface area contributed by atoms with E-state index in [1.54, 1.807) is 13.0 Å². The molecule has 0 aromatic heterocycles. The zero-order valence-corrected chi connectivity index (χ0v) is 27.0. The van der Waals surface area contributed by atoms with Gasteiger partial charge in [-0.1, -0.05) is 58.7 Å². The number of nitrogens with zero attached hydrogens (tertiary/aromatic N) is 3. The van der Waals surface area contributed by atoms with Crippen molar-refractivity contribution in [2.45, 2.75) is 35.4 Å². The zero-order chi connectivity index (χ0) is 31.4. The molecule has 0 N–H and O–H groups in total. The molecule has 3 aromatic carbocycles. The number of carbonyl (C=O) groups is 1. The van der Waals surface area contributed by atoms with Gasteiger partial charge in [0.2, 0.25) is 0 Å². The lowest BCUT2D eigenvalue weighted by atomic mass is 10.1. The Labute approximate surface area is 273 Å². The predicted molar refractivity (Wildman–Crippen MR) is 169 cm³/mol. The summed E-state index contributed by atoms with van der Waals surface area (Å²) in [7, 11) is 0. The fraction of sp³-hybridized carbons (Fsp3) is 0.387. The molecule has 1 atom stereocenters. The average Bonchev–Trinajstić information content (AvgIpc) is 2.99. The fourth-order valence-corrected chi connectivity index (χ4v) is 6.83. The molecule has 3 aromatic rings. The Kier molecular flexibility index (Phi) is 10.8. The average molecular weight is 689 g/mol. The highest BCUT2D eigenvalue weighted by molar-refractivity contribution is 7.99. The van der Waals surface area contributed by atoms with Crippen molar-refractivity contribution < 1.29 is 27.4 Å². The van der Waals surface area contributed by atoms with E-state index in [4.69, 9.17) is 44.3 Å². The van der Waals surface area contributed by atoms with Crippen molar-refractivity contribution in [3.05, 3.63) is 75.2 Å². The molecule has 6 nitrogen and oxygen atoms in total. The zero-order valence-electron chi connectivity index (χ0n) is 23.9. The van der Waals surface area contributed by atoms with Crippen LogP contribution >= 0.6 is 46.6 Å². The van der Waals surface area contributed by atoms with E-state index in [-0.39, 0.29) is 21.7 Å². The number of hydrogen-bond donors (Lipinski definition) is 0. The summed E-state index contributed by atoms with van der Waals surface area (Å²) in [6.45, 7) is 7.23. The predicted octanol–water partition coefficient (Wildman–Crippen LogP) is 8.29. The molecule has 0 spiro atoms. The van der Waals surface area contributed by atoms with E-state index in [9.17, 15) is 18.0 Å². The Morgan fingerprint density at radius 1 is 0.886 bits per heavy atom. The maximum Gasteiger partial charge on any atom is 0.416 e. The SMILES string of the molecule is CC(Oc1cc(Cl)c(Cl)c(Cl)c1)C(=O)OCCN1CCN(CCCN2c3ccccc3Sc3ccc(C(F)(F)F)cc32)CC1. The second kappa shape index (κ2) is 14.4. The molecule has 5 rings (SSSR count). The highest BCUT2D eigenvalue weighted by Crippen LogP contribution is 2.49. The number of piperazine rings is 1. The first-order chi connectivity index (χ1) is 21.0. The number of halogens is 6. The first kappa shape index (κ1) is 33.0. The third kappa shape index (κ3) is 8.08. The van der Waals surface area contributed by atoms with Gasteiger partial charge in [0.1, 0.15) is 12.4 Å². The van der Waals surface area contributed by atoms with Gasteiger partial charge in [-0.15, -0.1) is 0 Å². The molecule has 1 unspecified atom stereocenters. The molecule has 0 bridgehead atoms. The summed E-state index contributed by atoms with van der Waals surface area (Å²) in [5.41, 5.74) is 0.897. The Balaban J connectivity index is 1.06. The van der Waals surface area contributed by atoms with E-state index in [0.29, 0.717) is 24.5 Å². The second-order valence-corrected chi connectivity index (χ2v) is 12.8. The van der Waals surface area contributed by atoms with E-state index in [1.165, 1.54) is 30.0 Å². The van der Waals surface area contributed by atoms with Crippen LogP contribution in [0.4, 0.5) is 24.5 Å². The molecule has 2 heterocycles. The number of fused-ring (bicyclic) bond motifs is 2. The number of para-hydroxylation sites is 1. The van der Waals surface area contributed by atoms with Crippen molar-refractivity contribution in [3.8, 4) is 5.75 Å². The van der Waals surface area contributed by atoms with Crippen molar-refractivity contribution in [2.75, 3.05) is 57.3 Å². The molecule has 0 radical (unpaired) electrons. The number of ether oxygens (including phenoxy) is 2. The summed E-state index contributed by atoms with van der Waals surface area (Å²) in [6, 6.07) is 14.8. The summed E-state index contributed by atoms with van der Waals surface area (Å²) in [5, 5.41) is 0.681. The third-order valence-corrected chi connectivity index (χ3v) is 9.86. The molecule has 2 aliphatic rings. The third-order valence-electron chi connectivity index (χ3n) is 7.53. The molecular formula is C31H31Cl3F3N3O3S. The van der Waals surface area contributed by atoms with Gasteiger partial charge in [-0.2, -0.15) is 13.2 Å². The number of anilines is 2. The normalized spacial score (nSPS) is 16.3. The van der Waals surface area contributed by atoms with Crippen molar-refractivity contribution >= 4 is 63.9 Å². The molecule has 0 saturated carbocycles. The lowest BCUT2D eigenvalue weighted by Crippen LogP contribution is -2.48. The largest absolute Gasteiger partial charge is 0.479 e. The molecule has 236 valence electrons. The smallest absolute Gasteiger partial charge is 0.416 e. The Bertz CT molecular complexity index is 1470. The van der Waals surface area contributed by atoms with Crippen LogP contribution < -0.4 is 9.64 Å². The van der Waals surface area contributed by atoms with Gasteiger partial charge in [-0.25, -0.2) is 4.79 Å². The Morgan fingerprint density at radius 3 is 2.20 bits per heavy atom. The van der Waals surface area contributed by atoms with Gasteiger partial charge in [0.15, 0.2) is 6.10 Å². The molecule has 1 fully saturated rings. The standard InChI is InChI=1S/C31H31Cl3F3N3O3S/c1-20(43-22-18-23(32)29(34)24(33)19-22)30(41)42-16-15-39-13-11-38(12-14-39)9-4-10-40-25-5-2-3-6-27(25)44-28-8-7-21(17-26(28)40)31(35,36)37/h2-3,5-8,17-20H,4,9-16H2,1H3. The lowest BCUT2D eigenvalue weighted by Gasteiger charge is -2.36. The number of rotatable bonds is 10. The van der Waals surface area contributed by atoms with E-state index in [2.05, 4.69) is 9.80 Å². The minimum atomic E-state index is -4.40. The van der Waals surface area contributed by atoms with Gasteiger partial charge >= 0.3 is 12.1 Å². The highest BCUT2D eigenvalue weighted by atomic mass is 35.5. The quantitative estimate of drug-likeness (QED) is 0.157. The Hall–Kier alpha value is -2.34. The minimum absolute atomic E-state index is 0.219. The number of carbonyl (C=O) groups excluding carboxylic acids is 1. The van der Waals surface area contributed by atoms with Crippen LogP contribution in [0.25, 0.3) is 0 Å². The van der Waals surface area contributed by atoms with E-state index >= 15 is 0 Å². The van der Waals surface area contributed by atoms with Crippen molar-refractivity contribution in [3.63, 3.8) is 0 Å². The number of esters is 1. The maximum atomic E-state index is 13.5. The van der Waals surface area contributed by atoms with Crippen LogP contribution in [0.1, 0.15) is 18.9 Å². The molecule has 44 heavy (non-hydrogen) atoms. The van der Waals surface area contributed by atoms with Gasteiger partial charge < -0.3 is 19.3 Å². The molecular weight excluding hydrogens is 658 g/mol. The van der Waals surface area contributed by atoms with Gasteiger partial charge in [-0.3, -0.25) is 4.90 Å². The van der Waals surface area contributed by atoms with E-state index < -0.39 is 23.8 Å². The molecule has 13 heteroatoms. The maximum absolute atomic E-state index is 13.5. The highest BCUT2D eigenvalue weighted by Gasteiger charge is 2.33. The van der Waals surface area contributed by atoms with Crippen molar-refractivity contribution in [1.82, 2.24) is 9.80 Å². The van der Waals surface area contributed by atoms with Gasteiger partial charge in [0.05, 0.1) is 32.0 Å². The van der Waals surface area contributed by atoms with E-state index in [0.717, 1.165) is 60.7 Å². The summed E-state index contributed by atoms with van der Waals surface area (Å²) in [5.74, 6) is -0.170. The van der Waals surface area contributed by atoms with Gasteiger partial charge in [-0.05, 0) is 50.2 Å². The van der Waals surface area contributed by atoms with E-state index in [1.807, 2.05) is 29.2 Å². The number of hydrogen-bond acceptors (Lipinski definition) is 7. The first-order valence-electron chi connectivity index (χ1n) is 14.2. The topological polar surface area (TPSA) is 45.3 Å². The first-order valence-corrected chi connectivity index (χ1v) is 16.1. The van der Waals surface area contributed by atoms with Crippen LogP contribution in [0.5, 0.6) is 5.75 Å². The monoisotopic (exact) mass is 687 g/mol. The lowest BCUT2D eigenvalue weighted by molar-refractivity contribution is -0.151. The fourth-order valence-electron chi connectivity index (χ4n) is 5.18. The second-order valence-electron chi connectivity index (χ2n) is 10.6. The van der Waals surface area contributed by atoms with Crippen LogP contribution in [-0.2, 0) is 15.7 Å². The van der Waals surface area contributed by atoms with Gasteiger partial charge in [0.25, 0.3) is 0 Å².